The highest BCUT2D eigenvalue weighted by Crippen LogP contribution is 2.27. The average molecular weight is 251 g/mol. The number of nitrogens with zero attached hydrogens (tertiary/aromatic N) is 1. The smallest absolute Gasteiger partial charge is 0.328 e. The molecule has 6 heteroatoms. The molecular formula is C11H13N3O2S. The summed E-state index contributed by atoms with van der Waals surface area (Å²) in [6.45, 7) is 1.89. The van der Waals surface area contributed by atoms with Gasteiger partial charge in [0.25, 0.3) is 0 Å². The van der Waals surface area contributed by atoms with Crippen LogP contribution >= 0.6 is 11.3 Å². The van der Waals surface area contributed by atoms with Crippen LogP contribution in [-0.2, 0) is 4.79 Å². The normalized spacial score (nSPS) is 12.6. The van der Waals surface area contributed by atoms with E-state index in [1.165, 1.54) is 0 Å². The van der Waals surface area contributed by atoms with Gasteiger partial charge in [-0.25, -0.2) is 4.98 Å². The van der Waals surface area contributed by atoms with Crippen LogP contribution in [-0.4, -0.2) is 28.1 Å². The first-order valence-corrected chi connectivity index (χ1v) is 6.02. The number of carboxylic acids is 1. The second-order valence-electron chi connectivity index (χ2n) is 3.63. The van der Waals surface area contributed by atoms with Gasteiger partial charge in [0.1, 0.15) is 11.5 Å². The minimum absolute atomic E-state index is 0.431. The fraction of sp³-hybridized carbons (Fsp3) is 0.273. The topological polar surface area (TPSA) is 78.0 Å². The molecule has 1 unspecified atom stereocenters. The maximum absolute atomic E-state index is 11.0. The second kappa shape index (κ2) is 4.68. The van der Waals surface area contributed by atoms with Crippen molar-refractivity contribution in [1.29, 1.82) is 0 Å². The van der Waals surface area contributed by atoms with Crippen LogP contribution in [0.3, 0.4) is 0 Å². The van der Waals surface area contributed by atoms with E-state index in [1.54, 1.807) is 18.4 Å². The molecule has 0 saturated heterocycles. The number of hydrogen-bond donors (Lipinski definition) is 3. The summed E-state index contributed by atoms with van der Waals surface area (Å²) in [6, 6.07) is 3.11. The molecule has 0 radical (unpaired) electrons. The third-order valence-electron chi connectivity index (χ3n) is 2.47. The number of imidazole rings is 1. The zero-order valence-corrected chi connectivity index (χ0v) is 10.3. The van der Waals surface area contributed by atoms with Crippen LogP contribution in [0.1, 0.15) is 17.6 Å². The van der Waals surface area contributed by atoms with Crippen molar-refractivity contribution in [3.8, 4) is 10.6 Å². The van der Waals surface area contributed by atoms with Crippen molar-refractivity contribution in [1.82, 2.24) is 15.3 Å². The number of H-pyrrole nitrogens is 1. The van der Waals surface area contributed by atoms with Crippen molar-refractivity contribution in [2.24, 2.45) is 0 Å². The van der Waals surface area contributed by atoms with Crippen molar-refractivity contribution < 1.29 is 9.90 Å². The number of thiophene rings is 1. The predicted octanol–water partition coefficient (Wildman–Crippen LogP) is 1.79. The Bertz CT molecular complexity index is 519. The lowest BCUT2D eigenvalue weighted by molar-refractivity contribution is -0.139. The summed E-state index contributed by atoms with van der Waals surface area (Å²) in [7, 11) is 1.60. The third-order valence-corrected chi connectivity index (χ3v) is 3.34. The van der Waals surface area contributed by atoms with Gasteiger partial charge in [-0.2, -0.15) is 0 Å². The molecule has 0 aliphatic rings. The number of aromatic amines is 1. The highest BCUT2D eigenvalue weighted by atomic mass is 32.1. The maximum atomic E-state index is 11.0. The molecule has 0 saturated carbocycles. The molecule has 17 heavy (non-hydrogen) atoms. The largest absolute Gasteiger partial charge is 0.480 e. The molecule has 0 aromatic carbocycles. The molecule has 2 rings (SSSR count). The summed E-state index contributed by atoms with van der Waals surface area (Å²) >= 11 is 1.58. The monoisotopic (exact) mass is 251 g/mol. The molecule has 3 N–H and O–H groups in total. The molecule has 0 bridgehead atoms. The van der Waals surface area contributed by atoms with Gasteiger partial charge in [-0.05, 0) is 25.4 Å². The van der Waals surface area contributed by atoms with E-state index < -0.39 is 12.0 Å². The van der Waals surface area contributed by atoms with E-state index in [2.05, 4.69) is 15.3 Å². The van der Waals surface area contributed by atoms with E-state index in [0.29, 0.717) is 5.82 Å². The van der Waals surface area contributed by atoms with E-state index in [1.807, 2.05) is 24.4 Å². The standard InChI is InChI=1S/C11H13N3O2S/c1-6-8(7-4-3-5-17-7)14-10(13-6)9(12-2)11(15)16/h3-5,9,12H,1-2H3,(H,13,14)(H,15,16). The summed E-state index contributed by atoms with van der Waals surface area (Å²) in [5.74, 6) is -0.514. The Morgan fingerprint density at radius 1 is 1.65 bits per heavy atom. The fourth-order valence-electron chi connectivity index (χ4n) is 1.65. The average Bonchev–Trinajstić information content (AvgIpc) is 2.87. The predicted molar refractivity (Wildman–Crippen MR) is 66.1 cm³/mol. The number of aliphatic carboxylic acids is 1. The first-order chi connectivity index (χ1) is 8.13. The van der Waals surface area contributed by atoms with Crippen molar-refractivity contribution in [2.75, 3.05) is 7.05 Å². The van der Waals surface area contributed by atoms with Crippen LogP contribution in [0.25, 0.3) is 10.6 Å². The molecule has 2 heterocycles. The fourth-order valence-corrected chi connectivity index (χ4v) is 2.42. The van der Waals surface area contributed by atoms with Gasteiger partial charge in [0.2, 0.25) is 0 Å². The summed E-state index contributed by atoms with van der Waals surface area (Å²) in [5, 5.41) is 13.7. The van der Waals surface area contributed by atoms with E-state index in [4.69, 9.17) is 5.11 Å². The number of aromatic nitrogens is 2. The van der Waals surface area contributed by atoms with Crippen LogP contribution in [0.15, 0.2) is 17.5 Å². The molecule has 0 amide bonds. The number of aryl methyl sites for hydroxylation is 1. The van der Waals surface area contributed by atoms with Gasteiger partial charge >= 0.3 is 5.97 Å². The quantitative estimate of drug-likeness (QED) is 0.774. The molecule has 0 fully saturated rings. The van der Waals surface area contributed by atoms with Crippen molar-refractivity contribution in [3.05, 3.63) is 29.0 Å². The summed E-state index contributed by atoms with van der Waals surface area (Å²) in [4.78, 5) is 19.4. The van der Waals surface area contributed by atoms with Gasteiger partial charge < -0.3 is 15.4 Å². The molecule has 2 aromatic heterocycles. The van der Waals surface area contributed by atoms with Crippen molar-refractivity contribution >= 4 is 17.3 Å². The minimum atomic E-state index is -0.945. The highest BCUT2D eigenvalue weighted by molar-refractivity contribution is 7.13. The minimum Gasteiger partial charge on any atom is -0.480 e. The lowest BCUT2D eigenvalue weighted by atomic mass is 10.3. The molecule has 0 spiro atoms. The first-order valence-electron chi connectivity index (χ1n) is 5.14. The van der Waals surface area contributed by atoms with E-state index >= 15 is 0 Å². The summed E-state index contributed by atoms with van der Waals surface area (Å²) in [5.41, 5.74) is 1.69. The molecule has 5 nitrogen and oxygen atoms in total. The molecule has 2 aromatic rings. The van der Waals surface area contributed by atoms with Gasteiger partial charge in [0, 0.05) is 5.69 Å². The first kappa shape index (κ1) is 11.8. The zero-order valence-electron chi connectivity index (χ0n) is 9.52. The van der Waals surface area contributed by atoms with Gasteiger partial charge in [0.05, 0.1) is 4.88 Å². The molecule has 0 aliphatic carbocycles. The van der Waals surface area contributed by atoms with E-state index in [0.717, 1.165) is 16.3 Å². The number of nitrogens with one attached hydrogen (secondary N) is 2. The maximum Gasteiger partial charge on any atom is 0.328 e. The van der Waals surface area contributed by atoms with Crippen molar-refractivity contribution in [2.45, 2.75) is 13.0 Å². The number of rotatable bonds is 4. The van der Waals surface area contributed by atoms with Crippen LogP contribution in [0, 0.1) is 6.92 Å². The zero-order chi connectivity index (χ0) is 12.4. The summed E-state index contributed by atoms with van der Waals surface area (Å²) < 4.78 is 0. The highest BCUT2D eigenvalue weighted by Gasteiger charge is 2.22. The van der Waals surface area contributed by atoms with Crippen LogP contribution in [0.5, 0.6) is 0 Å². The Kier molecular flexibility index (Phi) is 3.26. The number of hydrogen-bond acceptors (Lipinski definition) is 4. The Hall–Kier alpha value is -1.66. The van der Waals surface area contributed by atoms with Gasteiger partial charge in [-0.15, -0.1) is 11.3 Å². The third kappa shape index (κ3) is 2.22. The number of carboxylic acid groups (broad SMARTS) is 1. The Morgan fingerprint density at radius 3 is 2.94 bits per heavy atom. The van der Waals surface area contributed by atoms with Gasteiger partial charge in [-0.1, -0.05) is 6.07 Å². The molecular weight excluding hydrogens is 238 g/mol. The van der Waals surface area contributed by atoms with Crippen molar-refractivity contribution in [3.63, 3.8) is 0 Å². The second-order valence-corrected chi connectivity index (χ2v) is 4.58. The SMILES string of the molecule is CNC(C(=O)O)c1nc(-c2cccs2)c(C)[nH]1. The molecule has 0 aliphatic heterocycles. The van der Waals surface area contributed by atoms with E-state index in [9.17, 15) is 4.79 Å². The Morgan fingerprint density at radius 2 is 2.41 bits per heavy atom. The Balaban J connectivity index is 2.40. The number of likely N-dealkylation sites (N-methyl/N-ethyl adjacent to an activating group) is 1. The summed E-state index contributed by atoms with van der Waals surface area (Å²) in [6.07, 6.45) is 0. The molecule has 1 atom stereocenters. The lowest BCUT2D eigenvalue weighted by Crippen LogP contribution is -2.26. The number of carbonyl (C=O) groups is 1. The van der Waals surface area contributed by atoms with Crippen LogP contribution in [0.4, 0.5) is 0 Å². The molecule has 90 valence electrons. The van der Waals surface area contributed by atoms with Crippen LogP contribution in [0.2, 0.25) is 0 Å². The van der Waals surface area contributed by atoms with Crippen LogP contribution < -0.4 is 5.32 Å². The van der Waals surface area contributed by atoms with Gasteiger partial charge in [-0.3, -0.25) is 4.79 Å². The Labute approximate surface area is 103 Å². The van der Waals surface area contributed by atoms with E-state index in [-0.39, 0.29) is 0 Å². The lowest BCUT2D eigenvalue weighted by Gasteiger charge is -2.06. The van der Waals surface area contributed by atoms with Gasteiger partial charge in [0.15, 0.2) is 6.04 Å².